The van der Waals surface area contributed by atoms with Gasteiger partial charge in [0.15, 0.2) is 0 Å². The lowest BCUT2D eigenvalue weighted by Gasteiger charge is -2.16. The number of nitriles is 1. The summed E-state index contributed by atoms with van der Waals surface area (Å²) in [5.74, 6) is 0.437. The van der Waals surface area contributed by atoms with Crippen molar-refractivity contribution in [3.05, 3.63) is 53.9 Å². The molecule has 1 unspecified atom stereocenters. The Morgan fingerprint density at radius 1 is 1.35 bits per heavy atom. The van der Waals surface area contributed by atoms with E-state index in [1.807, 2.05) is 42.0 Å². The predicted molar refractivity (Wildman–Crippen MR) is 76.9 cm³/mol. The molecule has 3 rings (SSSR count). The zero-order valence-corrected chi connectivity index (χ0v) is 11.0. The van der Waals surface area contributed by atoms with Crippen LogP contribution in [0.2, 0.25) is 0 Å². The molecular weight excluding hydrogens is 250 g/mol. The van der Waals surface area contributed by atoms with Crippen molar-refractivity contribution in [2.24, 2.45) is 0 Å². The van der Waals surface area contributed by atoms with Crippen molar-refractivity contribution >= 4 is 17.0 Å². The second kappa shape index (κ2) is 4.67. The van der Waals surface area contributed by atoms with Gasteiger partial charge in [0, 0.05) is 12.4 Å². The summed E-state index contributed by atoms with van der Waals surface area (Å²) in [6.07, 6.45) is 3.55. The lowest BCUT2D eigenvalue weighted by molar-refractivity contribution is 0.665. The molecule has 5 heteroatoms. The van der Waals surface area contributed by atoms with E-state index in [1.54, 1.807) is 12.3 Å². The standard InChI is InChI=1S/C15H13N5/c1-10(12-3-2-6-18-9-12)20-14-7-11(8-16)4-5-13(14)19-15(20)17/h2-7,9-10H,1H3,(H2,17,19). The molecule has 2 N–H and O–H groups in total. The highest BCUT2D eigenvalue weighted by Crippen LogP contribution is 2.27. The van der Waals surface area contributed by atoms with Gasteiger partial charge >= 0.3 is 0 Å². The normalized spacial score (nSPS) is 12.2. The zero-order chi connectivity index (χ0) is 14.1. The minimum absolute atomic E-state index is 0.00245. The summed E-state index contributed by atoms with van der Waals surface area (Å²) in [5.41, 5.74) is 9.32. The van der Waals surface area contributed by atoms with Crippen LogP contribution in [0, 0.1) is 11.3 Å². The van der Waals surface area contributed by atoms with Crippen LogP contribution in [0.25, 0.3) is 11.0 Å². The lowest BCUT2D eigenvalue weighted by Crippen LogP contribution is -2.10. The molecule has 5 nitrogen and oxygen atoms in total. The van der Waals surface area contributed by atoms with Gasteiger partial charge in [-0.25, -0.2) is 4.98 Å². The Labute approximate surface area is 116 Å². The molecule has 0 fully saturated rings. The van der Waals surface area contributed by atoms with Crippen molar-refractivity contribution in [1.29, 1.82) is 5.26 Å². The van der Waals surface area contributed by atoms with E-state index in [1.165, 1.54) is 0 Å². The fourth-order valence-corrected chi connectivity index (χ4v) is 2.36. The Kier molecular flexibility index (Phi) is 2.84. The van der Waals surface area contributed by atoms with Gasteiger partial charge in [-0.2, -0.15) is 5.26 Å². The molecule has 0 aliphatic rings. The number of benzene rings is 1. The predicted octanol–water partition coefficient (Wildman–Crippen LogP) is 2.49. The summed E-state index contributed by atoms with van der Waals surface area (Å²) in [5, 5.41) is 9.03. The van der Waals surface area contributed by atoms with E-state index in [0.29, 0.717) is 11.5 Å². The molecule has 1 aromatic carbocycles. The first-order chi connectivity index (χ1) is 9.70. The zero-order valence-electron chi connectivity index (χ0n) is 11.0. The molecule has 3 aromatic rings. The Hall–Kier alpha value is -2.87. The van der Waals surface area contributed by atoms with E-state index >= 15 is 0 Å². The van der Waals surface area contributed by atoms with Gasteiger partial charge in [-0.05, 0) is 36.8 Å². The van der Waals surface area contributed by atoms with E-state index in [0.717, 1.165) is 16.6 Å². The van der Waals surface area contributed by atoms with Crippen molar-refractivity contribution in [1.82, 2.24) is 14.5 Å². The van der Waals surface area contributed by atoms with E-state index in [2.05, 4.69) is 16.0 Å². The van der Waals surface area contributed by atoms with Gasteiger partial charge in [-0.3, -0.25) is 4.98 Å². The van der Waals surface area contributed by atoms with Gasteiger partial charge in [0.25, 0.3) is 0 Å². The third kappa shape index (κ3) is 1.88. The molecular formula is C15H13N5. The van der Waals surface area contributed by atoms with Crippen molar-refractivity contribution in [3.8, 4) is 6.07 Å². The quantitative estimate of drug-likeness (QED) is 0.770. The first kappa shape index (κ1) is 12.2. The summed E-state index contributed by atoms with van der Waals surface area (Å²) in [7, 11) is 0. The first-order valence-electron chi connectivity index (χ1n) is 6.28. The average Bonchev–Trinajstić information content (AvgIpc) is 2.82. The second-order valence-electron chi connectivity index (χ2n) is 4.62. The number of hydrogen-bond acceptors (Lipinski definition) is 4. The minimum atomic E-state index is 0.00245. The number of fused-ring (bicyclic) bond motifs is 1. The van der Waals surface area contributed by atoms with Gasteiger partial charge < -0.3 is 10.3 Å². The number of nitrogen functional groups attached to an aromatic ring is 1. The van der Waals surface area contributed by atoms with Crippen LogP contribution in [0.4, 0.5) is 5.95 Å². The van der Waals surface area contributed by atoms with Crippen molar-refractivity contribution in [2.45, 2.75) is 13.0 Å². The molecule has 0 saturated carbocycles. The van der Waals surface area contributed by atoms with E-state index in [-0.39, 0.29) is 6.04 Å². The Morgan fingerprint density at radius 2 is 2.20 bits per heavy atom. The monoisotopic (exact) mass is 263 g/mol. The molecule has 0 radical (unpaired) electrons. The van der Waals surface area contributed by atoms with Crippen LogP contribution < -0.4 is 5.73 Å². The van der Waals surface area contributed by atoms with Crippen LogP contribution >= 0.6 is 0 Å². The number of nitrogens with two attached hydrogens (primary N) is 1. The summed E-state index contributed by atoms with van der Waals surface area (Å²) < 4.78 is 1.92. The van der Waals surface area contributed by atoms with Crippen molar-refractivity contribution in [2.75, 3.05) is 5.73 Å². The SMILES string of the molecule is CC(c1cccnc1)n1c(N)nc2ccc(C#N)cc21. The molecule has 98 valence electrons. The molecule has 0 aliphatic carbocycles. The molecule has 0 spiro atoms. The van der Waals surface area contributed by atoms with E-state index in [4.69, 9.17) is 11.0 Å². The fourth-order valence-electron chi connectivity index (χ4n) is 2.36. The fraction of sp³-hybridized carbons (Fsp3) is 0.133. The topological polar surface area (TPSA) is 80.5 Å². The number of anilines is 1. The van der Waals surface area contributed by atoms with Gasteiger partial charge in [-0.15, -0.1) is 0 Å². The molecule has 2 aromatic heterocycles. The van der Waals surface area contributed by atoms with E-state index < -0.39 is 0 Å². The number of nitrogens with zero attached hydrogens (tertiary/aromatic N) is 4. The van der Waals surface area contributed by atoms with Crippen LogP contribution in [0.15, 0.2) is 42.7 Å². The molecule has 1 atom stereocenters. The largest absolute Gasteiger partial charge is 0.369 e. The van der Waals surface area contributed by atoms with Crippen molar-refractivity contribution < 1.29 is 0 Å². The Bertz CT molecular complexity index is 798. The maximum absolute atomic E-state index is 9.03. The van der Waals surface area contributed by atoms with E-state index in [9.17, 15) is 0 Å². The van der Waals surface area contributed by atoms with Gasteiger partial charge in [0.2, 0.25) is 5.95 Å². The van der Waals surface area contributed by atoms with Gasteiger partial charge in [-0.1, -0.05) is 6.07 Å². The van der Waals surface area contributed by atoms with Crippen LogP contribution in [0.3, 0.4) is 0 Å². The Morgan fingerprint density at radius 3 is 2.90 bits per heavy atom. The van der Waals surface area contributed by atoms with Crippen LogP contribution in [0.1, 0.15) is 24.1 Å². The number of hydrogen-bond donors (Lipinski definition) is 1. The highest BCUT2D eigenvalue weighted by Gasteiger charge is 2.16. The highest BCUT2D eigenvalue weighted by molar-refractivity contribution is 5.80. The number of rotatable bonds is 2. The number of aromatic nitrogens is 3. The number of imidazole rings is 1. The highest BCUT2D eigenvalue weighted by atomic mass is 15.2. The molecule has 0 amide bonds. The molecule has 20 heavy (non-hydrogen) atoms. The summed E-state index contributed by atoms with van der Waals surface area (Å²) in [6.45, 7) is 2.04. The maximum atomic E-state index is 9.03. The van der Waals surface area contributed by atoms with Crippen molar-refractivity contribution in [3.63, 3.8) is 0 Å². The third-order valence-electron chi connectivity index (χ3n) is 3.40. The minimum Gasteiger partial charge on any atom is -0.369 e. The van der Waals surface area contributed by atoms with Crippen LogP contribution in [-0.2, 0) is 0 Å². The molecule has 0 saturated heterocycles. The van der Waals surface area contributed by atoms with Gasteiger partial charge in [0.1, 0.15) is 0 Å². The molecule has 0 aliphatic heterocycles. The first-order valence-corrected chi connectivity index (χ1v) is 6.28. The van der Waals surface area contributed by atoms with Crippen LogP contribution in [0.5, 0.6) is 0 Å². The lowest BCUT2D eigenvalue weighted by atomic mass is 10.1. The summed E-state index contributed by atoms with van der Waals surface area (Å²) >= 11 is 0. The Balaban J connectivity index is 2.20. The third-order valence-corrected chi connectivity index (χ3v) is 3.40. The summed E-state index contributed by atoms with van der Waals surface area (Å²) in [6, 6.07) is 11.4. The molecule has 0 bridgehead atoms. The average molecular weight is 263 g/mol. The van der Waals surface area contributed by atoms with Gasteiger partial charge in [0.05, 0.1) is 28.7 Å². The molecule has 2 heterocycles. The second-order valence-corrected chi connectivity index (χ2v) is 4.62. The summed E-state index contributed by atoms with van der Waals surface area (Å²) in [4.78, 5) is 8.48. The smallest absolute Gasteiger partial charge is 0.201 e. The number of pyridine rings is 1. The van der Waals surface area contributed by atoms with Crippen LogP contribution in [-0.4, -0.2) is 14.5 Å². The maximum Gasteiger partial charge on any atom is 0.201 e.